The van der Waals surface area contributed by atoms with Crippen LogP contribution in [0.4, 0.5) is 17.6 Å². The predicted molar refractivity (Wildman–Crippen MR) is 41.1 cm³/mol. The van der Waals surface area contributed by atoms with Crippen LogP contribution < -0.4 is 0 Å². The Hall–Kier alpha value is -1.40. The number of rotatable bonds is 0. The number of ketones is 1. The van der Waals surface area contributed by atoms with E-state index in [-0.39, 0.29) is 12.1 Å². The molecule has 2 rings (SSSR count). The highest BCUT2D eigenvalue weighted by Crippen LogP contribution is 2.39. The zero-order valence-electron chi connectivity index (χ0n) is 7.57. The summed E-state index contributed by atoms with van der Waals surface area (Å²) in [6.07, 6.45) is -5.12. The van der Waals surface area contributed by atoms with E-state index < -0.39 is 28.9 Å². The number of alkyl halides is 4. The highest BCUT2D eigenvalue weighted by atomic mass is 19.4. The first-order chi connectivity index (χ1) is 6.73. The van der Waals surface area contributed by atoms with Crippen molar-refractivity contribution in [3.63, 3.8) is 0 Å². The third-order valence-corrected chi connectivity index (χ3v) is 2.32. The predicted octanol–water partition coefficient (Wildman–Crippen LogP) is 1.90. The molecular formula is C8H6F4N2O. The molecule has 1 N–H and O–H groups in total. The van der Waals surface area contributed by atoms with E-state index in [4.69, 9.17) is 0 Å². The van der Waals surface area contributed by atoms with Crippen LogP contribution in [0.2, 0.25) is 0 Å². The molecule has 1 heterocycles. The maximum atomic E-state index is 13.4. The van der Waals surface area contributed by atoms with E-state index in [0.717, 1.165) is 6.92 Å². The molecule has 1 aliphatic carbocycles. The van der Waals surface area contributed by atoms with Gasteiger partial charge in [0.2, 0.25) is 5.78 Å². The molecular weight excluding hydrogens is 216 g/mol. The number of aromatic amines is 1. The molecule has 0 fully saturated rings. The summed E-state index contributed by atoms with van der Waals surface area (Å²) in [6, 6.07) is 0. The van der Waals surface area contributed by atoms with Crippen LogP contribution in [0.25, 0.3) is 0 Å². The molecule has 1 aromatic heterocycles. The Bertz CT molecular complexity index is 432. The van der Waals surface area contributed by atoms with Crippen molar-refractivity contribution in [3.8, 4) is 0 Å². The fraction of sp³-hybridized carbons (Fsp3) is 0.500. The van der Waals surface area contributed by atoms with Gasteiger partial charge in [-0.2, -0.15) is 18.3 Å². The summed E-state index contributed by atoms with van der Waals surface area (Å²) in [5.74, 6) is -1.15. The number of hydrogen-bond acceptors (Lipinski definition) is 2. The van der Waals surface area contributed by atoms with Gasteiger partial charge in [-0.1, -0.05) is 0 Å². The first kappa shape index (κ1) is 10.1. The van der Waals surface area contributed by atoms with Gasteiger partial charge in [0.15, 0.2) is 11.4 Å². The Kier molecular flexibility index (Phi) is 1.75. The summed E-state index contributed by atoms with van der Waals surface area (Å²) >= 11 is 0. The van der Waals surface area contributed by atoms with E-state index in [1.807, 2.05) is 5.10 Å². The summed E-state index contributed by atoms with van der Waals surface area (Å²) in [5.41, 5.74) is -4.34. The number of nitrogens with zero attached hydrogens (tertiary/aromatic N) is 1. The number of hydrogen-bond donors (Lipinski definition) is 1. The van der Waals surface area contributed by atoms with E-state index in [2.05, 4.69) is 5.10 Å². The Morgan fingerprint density at radius 3 is 2.60 bits per heavy atom. The molecule has 0 aromatic carbocycles. The minimum Gasteiger partial charge on any atom is -0.290 e. The second-order valence-corrected chi connectivity index (χ2v) is 3.63. The number of H-pyrrole nitrogens is 1. The maximum Gasteiger partial charge on any atom is 0.435 e. The standard InChI is InChI=1S/C8H6F4N2O/c1-7(9)2-3-4(6(7)15)5(14-13-3)8(10,11)12/h2H2,1H3,(H,13,14). The number of fused-ring (bicyclic) bond motifs is 1. The van der Waals surface area contributed by atoms with E-state index in [1.54, 1.807) is 0 Å². The van der Waals surface area contributed by atoms with Gasteiger partial charge in [-0.3, -0.25) is 9.89 Å². The van der Waals surface area contributed by atoms with Crippen LogP contribution in [0.5, 0.6) is 0 Å². The van der Waals surface area contributed by atoms with Crippen LogP contribution >= 0.6 is 0 Å². The second-order valence-electron chi connectivity index (χ2n) is 3.63. The lowest BCUT2D eigenvalue weighted by atomic mass is 10.0. The number of halogens is 4. The Morgan fingerprint density at radius 1 is 1.47 bits per heavy atom. The van der Waals surface area contributed by atoms with Crippen LogP contribution in [0, 0.1) is 0 Å². The Balaban J connectivity index is 2.57. The highest BCUT2D eigenvalue weighted by Gasteiger charge is 2.50. The largest absolute Gasteiger partial charge is 0.435 e. The minimum atomic E-state index is -4.74. The topological polar surface area (TPSA) is 45.8 Å². The second kappa shape index (κ2) is 2.59. The molecule has 7 heteroatoms. The van der Waals surface area contributed by atoms with E-state index in [0.29, 0.717) is 0 Å². The lowest BCUT2D eigenvalue weighted by Gasteiger charge is -2.10. The van der Waals surface area contributed by atoms with Gasteiger partial charge in [0, 0.05) is 6.42 Å². The van der Waals surface area contributed by atoms with Gasteiger partial charge in [0.25, 0.3) is 0 Å². The summed E-state index contributed by atoms with van der Waals surface area (Å²) in [5, 5.41) is 5.04. The summed E-state index contributed by atoms with van der Waals surface area (Å²) < 4.78 is 50.5. The highest BCUT2D eigenvalue weighted by molar-refractivity contribution is 6.07. The van der Waals surface area contributed by atoms with Gasteiger partial charge >= 0.3 is 6.18 Å². The van der Waals surface area contributed by atoms with Crippen LogP contribution in [0.3, 0.4) is 0 Å². The van der Waals surface area contributed by atoms with Gasteiger partial charge < -0.3 is 0 Å². The molecule has 1 aliphatic rings. The maximum absolute atomic E-state index is 13.4. The van der Waals surface area contributed by atoms with Crippen molar-refractivity contribution in [1.82, 2.24) is 10.2 Å². The van der Waals surface area contributed by atoms with Gasteiger partial charge in [-0.25, -0.2) is 4.39 Å². The third-order valence-electron chi connectivity index (χ3n) is 2.32. The van der Waals surface area contributed by atoms with Gasteiger partial charge in [-0.15, -0.1) is 0 Å². The number of Topliss-reactive ketones (excluding diaryl/α,β-unsaturated/α-hetero) is 1. The molecule has 0 aliphatic heterocycles. The molecule has 15 heavy (non-hydrogen) atoms. The summed E-state index contributed by atoms with van der Waals surface area (Å²) in [4.78, 5) is 11.3. The number of carbonyl (C=O) groups excluding carboxylic acids is 1. The first-order valence-electron chi connectivity index (χ1n) is 4.11. The summed E-state index contributed by atoms with van der Waals surface area (Å²) in [7, 11) is 0. The molecule has 0 bridgehead atoms. The molecule has 0 spiro atoms. The van der Waals surface area contributed by atoms with Crippen molar-refractivity contribution >= 4 is 5.78 Å². The van der Waals surface area contributed by atoms with Gasteiger partial charge in [0.05, 0.1) is 11.3 Å². The van der Waals surface area contributed by atoms with E-state index in [9.17, 15) is 22.4 Å². The fourth-order valence-electron chi connectivity index (χ4n) is 1.63. The van der Waals surface area contributed by atoms with Crippen LogP contribution in [-0.2, 0) is 12.6 Å². The van der Waals surface area contributed by atoms with Crippen molar-refractivity contribution in [1.29, 1.82) is 0 Å². The Morgan fingerprint density at radius 2 is 2.07 bits per heavy atom. The molecule has 0 saturated carbocycles. The molecule has 0 saturated heterocycles. The molecule has 1 unspecified atom stereocenters. The van der Waals surface area contributed by atoms with Gasteiger partial charge in [0.1, 0.15) is 0 Å². The molecule has 0 amide bonds. The third kappa shape index (κ3) is 1.33. The first-order valence-corrected chi connectivity index (χ1v) is 4.11. The van der Waals surface area contributed by atoms with Gasteiger partial charge in [-0.05, 0) is 6.92 Å². The van der Waals surface area contributed by atoms with Crippen molar-refractivity contribution in [2.75, 3.05) is 0 Å². The number of aromatic nitrogens is 2. The summed E-state index contributed by atoms with van der Waals surface area (Å²) in [6.45, 7) is 0.962. The number of nitrogens with one attached hydrogen (secondary N) is 1. The van der Waals surface area contributed by atoms with Crippen molar-refractivity contribution in [3.05, 3.63) is 17.0 Å². The quantitative estimate of drug-likeness (QED) is 0.681. The van der Waals surface area contributed by atoms with Crippen LogP contribution in [0.1, 0.15) is 28.7 Å². The normalized spacial score (nSPS) is 25.8. The van der Waals surface area contributed by atoms with E-state index >= 15 is 0 Å². The zero-order valence-corrected chi connectivity index (χ0v) is 7.57. The van der Waals surface area contributed by atoms with E-state index in [1.165, 1.54) is 0 Å². The molecule has 1 atom stereocenters. The zero-order chi connectivity index (χ0) is 11.4. The van der Waals surface area contributed by atoms with Crippen molar-refractivity contribution in [2.24, 2.45) is 0 Å². The van der Waals surface area contributed by atoms with Crippen molar-refractivity contribution in [2.45, 2.75) is 25.2 Å². The fourth-order valence-corrected chi connectivity index (χ4v) is 1.63. The molecule has 1 aromatic rings. The molecule has 82 valence electrons. The lowest BCUT2D eigenvalue weighted by molar-refractivity contribution is -0.141. The molecule has 3 nitrogen and oxygen atoms in total. The van der Waals surface area contributed by atoms with Crippen LogP contribution in [0.15, 0.2) is 0 Å². The van der Waals surface area contributed by atoms with Crippen molar-refractivity contribution < 1.29 is 22.4 Å². The number of carbonyl (C=O) groups is 1. The smallest absolute Gasteiger partial charge is 0.290 e. The Labute approximate surface area is 81.5 Å². The monoisotopic (exact) mass is 222 g/mol. The minimum absolute atomic E-state index is 0.0858. The molecule has 0 radical (unpaired) electrons. The lowest BCUT2D eigenvalue weighted by Crippen LogP contribution is -2.27. The SMILES string of the molecule is CC1(F)Cc2[nH]nc(C(F)(F)F)c2C1=O. The average molecular weight is 222 g/mol. The average Bonchev–Trinajstić information content (AvgIpc) is 2.51. The van der Waals surface area contributed by atoms with Crippen LogP contribution in [-0.4, -0.2) is 21.6 Å².